The van der Waals surface area contributed by atoms with E-state index in [-0.39, 0.29) is 11.3 Å². The van der Waals surface area contributed by atoms with Gasteiger partial charge >= 0.3 is 0 Å². The van der Waals surface area contributed by atoms with Crippen molar-refractivity contribution in [1.29, 1.82) is 0 Å². The Kier molecular flexibility index (Phi) is 4.98. The molecule has 1 aromatic rings. The van der Waals surface area contributed by atoms with Gasteiger partial charge in [0.1, 0.15) is 0 Å². The zero-order valence-corrected chi connectivity index (χ0v) is 14.8. The van der Waals surface area contributed by atoms with E-state index in [0.717, 1.165) is 18.4 Å². The maximum atomic E-state index is 12.7. The van der Waals surface area contributed by atoms with Crippen LogP contribution in [0.3, 0.4) is 0 Å². The first kappa shape index (κ1) is 16.8. The van der Waals surface area contributed by atoms with Gasteiger partial charge in [0.05, 0.1) is 17.5 Å². The second-order valence-electron chi connectivity index (χ2n) is 7.02. The summed E-state index contributed by atoms with van der Waals surface area (Å²) in [5.41, 5.74) is 0.677. The van der Waals surface area contributed by atoms with Gasteiger partial charge in [-0.3, -0.25) is 4.79 Å². The average Bonchev–Trinajstić information content (AvgIpc) is 2.56. The quantitative estimate of drug-likeness (QED) is 0.598. The first-order valence-electron chi connectivity index (χ1n) is 8.68. The van der Waals surface area contributed by atoms with E-state index in [4.69, 9.17) is 16.3 Å². The monoisotopic (exact) mass is 335 g/mol. The Morgan fingerprint density at radius 3 is 2.52 bits per heavy atom. The molecule has 1 amide bonds. The number of nitrogens with zero attached hydrogens (tertiary/aromatic N) is 1. The molecule has 0 aromatic heterocycles. The van der Waals surface area contributed by atoms with Crippen LogP contribution in [0.1, 0.15) is 51.5 Å². The standard InChI is InChI=1S/C19H26ClNO2/c1-14(20)19(2)17(23-13-15-9-5-3-6-10-15)18(22)21(19)16-11-7-4-8-12-16/h3,5-6,9-10,14,16-17H,4,7-8,11-13H2,1-2H3/t14-,17+,19+/m1/s1. The summed E-state index contributed by atoms with van der Waals surface area (Å²) >= 11 is 6.50. The number of hydrogen-bond acceptors (Lipinski definition) is 2. The summed E-state index contributed by atoms with van der Waals surface area (Å²) in [6.07, 6.45) is 5.44. The van der Waals surface area contributed by atoms with Crippen molar-refractivity contribution < 1.29 is 9.53 Å². The van der Waals surface area contributed by atoms with E-state index in [1.54, 1.807) is 0 Å². The van der Waals surface area contributed by atoms with Gasteiger partial charge in [-0.2, -0.15) is 0 Å². The molecule has 23 heavy (non-hydrogen) atoms. The van der Waals surface area contributed by atoms with Crippen molar-refractivity contribution in [1.82, 2.24) is 4.90 Å². The molecule has 1 aliphatic carbocycles. The predicted octanol–water partition coefficient (Wildman–Crippen LogP) is 4.13. The molecule has 3 atom stereocenters. The minimum Gasteiger partial charge on any atom is -0.361 e. The molecule has 0 unspecified atom stereocenters. The second kappa shape index (κ2) is 6.82. The zero-order chi connectivity index (χ0) is 16.4. The first-order valence-corrected chi connectivity index (χ1v) is 9.11. The van der Waals surface area contributed by atoms with Crippen LogP contribution in [0, 0.1) is 0 Å². The minimum atomic E-state index is -0.433. The molecule has 1 aromatic carbocycles. The summed E-state index contributed by atoms with van der Waals surface area (Å²) in [7, 11) is 0. The summed E-state index contributed by atoms with van der Waals surface area (Å²) in [4.78, 5) is 14.8. The molecular weight excluding hydrogens is 310 g/mol. The summed E-state index contributed by atoms with van der Waals surface area (Å²) in [6, 6.07) is 10.3. The number of benzene rings is 1. The molecule has 2 aliphatic rings. The lowest BCUT2D eigenvalue weighted by atomic mass is 9.76. The Morgan fingerprint density at radius 2 is 1.91 bits per heavy atom. The van der Waals surface area contributed by atoms with Crippen LogP contribution in [0.4, 0.5) is 0 Å². The van der Waals surface area contributed by atoms with Gasteiger partial charge < -0.3 is 9.64 Å². The number of rotatable bonds is 5. The summed E-state index contributed by atoms with van der Waals surface area (Å²) in [6.45, 7) is 4.51. The third kappa shape index (κ3) is 3.01. The van der Waals surface area contributed by atoms with E-state index >= 15 is 0 Å². The van der Waals surface area contributed by atoms with Crippen molar-refractivity contribution in [2.24, 2.45) is 0 Å². The van der Waals surface area contributed by atoms with E-state index < -0.39 is 11.6 Å². The molecular formula is C19H26ClNO2. The molecule has 0 spiro atoms. The van der Waals surface area contributed by atoms with Crippen molar-refractivity contribution in [2.45, 2.75) is 75.6 Å². The number of carbonyl (C=O) groups is 1. The molecule has 3 nitrogen and oxygen atoms in total. The maximum absolute atomic E-state index is 12.7. The smallest absolute Gasteiger partial charge is 0.255 e. The highest BCUT2D eigenvalue weighted by Gasteiger charge is 2.62. The van der Waals surface area contributed by atoms with E-state index in [9.17, 15) is 4.79 Å². The van der Waals surface area contributed by atoms with E-state index in [1.165, 1.54) is 19.3 Å². The van der Waals surface area contributed by atoms with Gasteiger partial charge in [0, 0.05) is 6.04 Å². The van der Waals surface area contributed by atoms with Gasteiger partial charge in [-0.05, 0) is 32.3 Å². The largest absolute Gasteiger partial charge is 0.361 e. The first-order chi connectivity index (χ1) is 11.0. The average molecular weight is 336 g/mol. The van der Waals surface area contributed by atoms with Crippen LogP contribution >= 0.6 is 11.6 Å². The van der Waals surface area contributed by atoms with Crippen LogP contribution in [-0.4, -0.2) is 33.9 Å². The van der Waals surface area contributed by atoms with Gasteiger partial charge in [0.2, 0.25) is 0 Å². The second-order valence-corrected chi connectivity index (χ2v) is 7.67. The predicted molar refractivity (Wildman–Crippen MR) is 92.5 cm³/mol. The van der Waals surface area contributed by atoms with Crippen LogP contribution in [-0.2, 0) is 16.1 Å². The maximum Gasteiger partial charge on any atom is 0.255 e. The number of likely N-dealkylation sites (tertiary alicyclic amines) is 1. The Balaban J connectivity index is 1.71. The molecule has 1 aliphatic heterocycles. The van der Waals surface area contributed by atoms with Crippen molar-refractivity contribution in [3.8, 4) is 0 Å². The van der Waals surface area contributed by atoms with Gasteiger partial charge in [-0.1, -0.05) is 49.6 Å². The molecule has 0 bridgehead atoms. The van der Waals surface area contributed by atoms with Crippen molar-refractivity contribution in [2.75, 3.05) is 0 Å². The molecule has 0 radical (unpaired) electrons. The highest BCUT2D eigenvalue weighted by molar-refractivity contribution is 6.22. The normalized spacial score (nSPS) is 30.1. The Bertz CT molecular complexity index is 542. The highest BCUT2D eigenvalue weighted by atomic mass is 35.5. The topological polar surface area (TPSA) is 29.5 Å². The Hall–Kier alpha value is -1.06. The molecule has 1 heterocycles. The lowest BCUT2D eigenvalue weighted by Gasteiger charge is -2.60. The summed E-state index contributed by atoms with van der Waals surface area (Å²) in [5, 5.41) is -0.136. The van der Waals surface area contributed by atoms with Crippen LogP contribution in [0.2, 0.25) is 0 Å². The zero-order valence-electron chi connectivity index (χ0n) is 14.0. The third-order valence-electron chi connectivity index (χ3n) is 5.52. The fourth-order valence-corrected chi connectivity index (χ4v) is 4.20. The van der Waals surface area contributed by atoms with Crippen LogP contribution in [0.15, 0.2) is 30.3 Å². The lowest BCUT2D eigenvalue weighted by molar-refractivity contribution is -0.202. The van der Waals surface area contributed by atoms with Crippen molar-refractivity contribution in [3.05, 3.63) is 35.9 Å². The lowest BCUT2D eigenvalue weighted by Crippen LogP contribution is -2.79. The molecule has 3 rings (SSSR count). The van der Waals surface area contributed by atoms with E-state index in [1.807, 2.05) is 42.2 Å². The van der Waals surface area contributed by atoms with Crippen LogP contribution in [0.25, 0.3) is 0 Å². The molecule has 0 N–H and O–H groups in total. The van der Waals surface area contributed by atoms with Gasteiger partial charge in [0.15, 0.2) is 6.10 Å². The molecule has 126 valence electrons. The number of β-lactam (4-membered cyclic amide) rings is 1. The Labute approximate surface area is 144 Å². The van der Waals surface area contributed by atoms with Gasteiger partial charge in [0.25, 0.3) is 5.91 Å². The number of hydrogen-bond donors (Lipinski definition) is 0. The van der Waals surface area contributed by atoms with E-state index in [2.05, 4.69) is 6.92 Å². The molecule has 4 heteroatoms. The number of alkyl halides is 1. The highest BCUT2D eigenvalue weighted by Crippen LogP contribution is 2.44. The summed E-state index contributed by atoms with van der Waals surface area (Å²) < 4.78 is 6.00. The molecule has 1 saturated heterocycles. The number of carbonyl (C=O) groups excluding carboxylic acids is 1. The molecule has 2 fully saturated rings. The fraction of sp³-hybridized carbons (Fsp3) is 0.632. The summed E-state index contributed by atoms with van der Waals surface area (Å²) in [5.74, 6) is 0.114. The van der Waals surface area contributed by atoms with E-state index in [0.29, 0.717) is 12.6 Å². The molecule has 1 saturated carbocycles. The van der Waals surface area contributed by atoms with Gasteiger partial charge in [-0.25, -0.2) is 0 Å². The SMILES string of the molecule is C[C@@H](Cl)[C@@]1(C)[C@@H](OCc2ccccc2)C(=O)N1C1CCCCC1. The number of halogens is 1. The minimum absolute atomic E-state index is 0.114. The van der Waals surface area contributed by atoms with Crippen LogP contribution in [0.5, 0.6) is 0 Å². The Morgan fingerprint density at radius 1 is 1.26 bits per heavy atom. The fourth-order valence-electron chi connectivity index (χ4n) is 3.98. The number of amides is 1. The van der Waals surface area contributed by atoms with Crippen molar-refractivity contribution in [3.63, 3.8) is 0 Å². The van der Waals surface area contributed by atoms with Crippen LogP contribution < -0.4 is 0 Å². The van der Waals surface area contributed by atoms with Crippen molar-refractivity contribution >= 4 is 17.5 Å². The number of ether oxygens (including phenoxy) is 1. The third-order valence-corrected chi connectivity index (χ3v) is 5.96. The van der Waals surface area contributed by atoms with Gasteiger partial charge in [-0.15, -0.1) is 11.6 Å².